The molecule has 0 aliphatic carbocycles. The number of hydrogen-bond acceptors (Lipinski definition) is 3. The second-order valence-electron chi connectivity index (χ2n) is 4.10. The van der Waals surface area contributed by atoms with Gasteiger partial charge in [0.1, 0.15) is 5.75 Å². The third kappa shape index (κ3) is 2.60. The van der Waals surface area contributed by atoms with Gasteiger partial charge in [-0.2, -0.15) is 0 Å². The molecule has 78 valence electrons. The average molecular weight is 199 g/mol. The number of phenols is 2. The van der Waals surface area contributed by atoms with Crippen LogP contribution in [-0.4, -0.2) is 15.8 Å². The van der Waals surface area contributed by atoms with Gasteiger partial charge in [-0.15, -0.1) is 0 Å². The summed E-state index contributed by atoms with van der Waals surface area (Å²) in [7, 11) is 0. The summed E-state index contributed by atoms with van der Waals surface area (Å²) in [5.74, 6) is -1.48. The van der Waals surface area contributed by atoms with Gasteiger partial charge < -0.3 is 15.9 Å². The number of rotatable bonds is 2. The number of nitrogens with two attached hydrogens (primary N) is 1. The minimum absolute atomic E-state index is 0.182. The molecule has 1 rings (SSSR count). The second-order valence-corrected chi connectivity index (χ2v) is 4.10. The lowest BCUT2D eigenvalue weighted by Gasteiger charge is -2.19. The summed E-state index contributed by atoms with van der Waals surface area (Å²) >= 11 is 0. The summed E-state index contributed by atoms with van der Waals surface area (Å²) < 4.78 is 12.8. The molecule has 0 bridgehead atoms. The van der Waals surface area contributed by atoms with Crippen LogP contribution in [0.25, 0.3) is 0 Å². The second kappa shape index (κ2) is 3.46. The van der Waals surface area contributed by atoms with Gasteiger partial charge >= 0.3 is 0 Å². The van der Waals surface area contributed by atoms with Gasteiger partial charge in [0.05, 0.1) is 0 Å². The van der Waals surface area contributed by atoms with Crippen LogP contribution in [0.3, 0.4) is 0 Å². The topological polar surface area (TPSA) is 66.5 Å². The number of phenolic OH excluding ortho intramolecular Hbond substituents is 2. The zero-order chi connectivity index (χ0) is 10.9. The average Bonchev–Trinajstić information content (AvgIpc) is 1.97. The molecule has 14 heavy (non-hydrogen) atoms. The minimum Gasteiger partial charge on any atom is -0.508 e. The van der Waals surface area contributed by atoms with Crippen molar-refractivity contribution in [3.05, 3.63) is 23.5 Å². The molecule has 0 spiro atoms. The van der Waals surface area contributed by atoms with Crippen LogP contribution in [0.2, 0.25) is 0 Å². The van der Waals surface area contributed by atoms with Crippen LogP contribution in [0.15, 0.2) is 12.1 Å². The Morgan fingerprint density at radius 2 is 1.86 bits per heavy atom. The van der Waals surface area contributed by atoms with Gasteiger partial charge in [0.25, 0.3) is 0 Å². The van der Waals surface area contributed by atoms with Crippen molar-refractivity contribution in [3.63, 3.8) is 0 Å². The molecule has 0 atom stereocenters. The number of benzene rings is 1. The lowest BCUT2D eigenvalue weighted by molar-refractivity contribution is 0.412. The zero-order valence-electron chi connectivity index (χ0n) is 8.21. The van der Waals surface area contributed by atoms with E-state index in [4.69, 9.17) is 10.8 Å². The van der Waals surface area contributed by atoms with E-state index in [-0.39, 0.29) is 5.75 Å². The van der Waals surface area contributed by atoms with Crippen LogP contribution in [0.4, 0.5) is 4.39 Å². The van der Waals surface area contributed by atoms with Gasteiger partial charge in [-0.3, -0.25) is 0 Å². The molecule has 0 aliphatic rings. The fourth-order valence-electron chi connectivity index (χ4n) is 1.23. The summed E-state index contributed by atoms with van der Waals surface area (Å²) in [6, 6.07) is 2.08. The van der Waals surface area contributed by atoms with E-state index in [1.54, 1.807) is 13.8 Å². The van der Waals surface area contributed by atoms with E-state index in [2.05, 4.69) is 0 Å². The molecule has 0 aliphatic heterocycles. The van der Waals surface area contributed by atoms with Gasteiger partial charge in [0.2, 0.25) is 0 Å². The number of halogens is 1. The van der Waals surface area contributed by atoms with E-state index in [0.29, 0.717) is 12.0 Å². The summed E-state index contributed by atoms with van der Waals surface area (Å²) in [6.07, 6.45) is 0.368. The highest BCUT2D eigenvalue weighted by Crippen LogP contribution is 2.28. The van der Waals surface area contributed by atoms with Gasteiger partial charge in [-0.1, -0.05) is 0 Å². The highest BCUT2D eigenvalue weighted by Gasteiger charge is 2.16. The largest absolute Gasteiger partial charge is 0.508 e. The van der Waals surface area contributed by atoms with Crippen molar-refractivity contribution in [1.29, 1.82) is 0 Å². The highest BCUT2D eigenvalue weighted by molar-refractivity contribution is 5.40. The van der Waals surface area contributed by atoms with Crippen LogP contribution in [-0.2, 0) is 6.42 Å². The molecule has 0 aromatic heterocycles. The van der Waals surface area contributed by atoms with Crippen LogP contribution in [0, 0.1) is 5.82 Å². The third-order valence-electron chi connectivity index (χ3n) is 1.79. The molecule has 0 heterocycles. The maximum atomic E-state index is 12.8. The van der Waals surface area contributed by atoms with Crippen molar-refractivity contribution in [2.75, 3.05) is 0 Å². The van der Waals surface area contributed by atoms with Crippen molar-refractivity contribution in [2.24, 2.45) is 5.73 Å². The fraction of sp³-hybridized carbons (Fsp3) is 0.400. The van der Waals surface area contributed by atoms with Crippen molar-refractivity contribution in [3.8, 4) is 11.5 Å². The first-order valence-electron chi connectivity index (χ1n) is 4.29. The molecule has 1 aromatic carbocycles. The summed E-state index contributed by atoms with van der Waals surface area (Å²) in [5, 5.41) is 18.5. The SMILES string of the molecule is CC(C)(N)Cc1cc(O)c(F)cc1O. The fourth-order valence-corrected chi connectivity index (χ4v) is 1.23. The monoisotopic (exact) mass is 199 g/mol. The molecule has 0 unspecified atom stereocenters. The molecule has 3 nitrogen and oxygen atoms in total. The number of hydrogen-bond donors (Lipinski definition) is 3. The summed E-state index contributed by atoms with van der Waals surface area (Å²) in [6.45, 7) is 3.57. The molecule has 1 aromatic rings. The van der Waals surface area contributed by atoms with Crippen molar-refractivity contribution >= 4 is 0 Å². The Morgan fingerprint density at radius 1 is 1.29 bits per heavy atom. The molecule has 4 heteroatoms. The Bertz CT molecular complexity index is 345. The molecule has 0 radical (unpaired) electrons. The molecule has 0 saturated carbocycles. The Hall–Kier alpha value is -1.29. The number of aromatic hydroxyl groups is 2. The molecular formula is C10H14FNO2. The third-order valence-corrected chi connectivity index (χ3v) is 1.79. The van der Waals surface area contributed by atoms with Gasteiger partial charge in [-0.05, 0) is 31.9 Å². The first-order valence-corrected chi connectivity index (χ1v) is 4.29. The van der Waals surface area contributed by atoms with Crippen LogP contribution in [0.1, 0.15) is 19.4 Å². The van der Waals surface area contributed by atoms with E-state index in [0.717, 1.165) is 6.07 Å². The van der Waals surface area contributed by atoms with Crippen molar-refractivity contribution < 1.29 is 14.6 Å². The van der Waals surface area contributed by atoms with E-state index < -0.39 is 17.1 Å². The van der Waals surface area contributed by atoms with Gasteiger partial charge in [-0.25, -0.2) is 4.39 Å². The van der Waals surface area contributed by atoms with E-state index in [1.807, 2.05) is 0 Å². The molecule has 0 saturated heterocycles. The Morgan fingerprint density at radius 3 is 2.36 bits per heavy atom. The van der Waals surface area contributed by atoms with Crippen LogP contribution < -0.4 is 5.73 Å². The van der Waals surface area contributed by atoms with Crippen molar-refractivity contribution in [1.82, 2.24) is 0 Å². The van der Waals surface area contributed by atoms with Crippen LogP contribution >= 0.6 is 0 Å². The lowest BCUT2D eigenvalue weighted by atomic mass is 9.95. The van der Waals surface area contributed by atoms with Crippen LogP contribution in [0.5, 0.6) is 11.5 Å². The molecule has 4 N–H and O–H groups in total. The minimum atomic E-state index is -0.832. The standard InChI is InChI=1S/C10H14FNO2/c1-10(2,12)5-6-3-9(14)7(11)4-8(6)13/h3-4,13-14H,5,12H2,1-2H3. The quantitative estimate of drug-likeness (QED) is 0.632. The molecule has 0 fully saturated rings. The van der Waals surface area contributed by atoms with Gasteiger partial charge in [0.15, 0.2) is 11.6 Å². The van der Waals surface area contributed by atoms with Gasteiger partial charge in [0, 0.05) is 11.6 Å². The van der Waals surface area contributed by atoms with Crippen molar-refractivity contribution in [2.45, 2.75) is 25.8 Å². The first kappa shape index (κ1) is 10.8. The van der Waals surface area contributed by atoms with E-state index >= 15 is 0 Å². The summed E-state index contributed by atoms with van der Waals surface area (Å²) in [5.41, 5.74) is 5.67. The predicted octanol–water partition coefficient (Wildman–Crippen LogP) is 1.52. The normalized spacial score (nSPS) is 11.7. The molecule has 0 amide bonds. The lowest BCUT2D eigenvalue weighted by Crippen LogP contribution is -2.34. The Balaban J connectivity index is 3.04. The Labute approximate surface area is 82.0 Å². The Kier molecular flexibility index (Phi) is 2.66. The highest BCUT2D eigenvalue weighted by atomic mass is 19.1. The molecular weight excluding hydrogens is 185 g/mol. The predicted molar refractivity (Wildman–Crippen MR) is 51.7 cm³/mol. The van der Waals surface area contributed by atoms with E-state index in [9.17, 15) is 9.50 Å². The van der Waals surface area contributed by atoms with E-state index in [1.165, 1.54) is 6.07 Å². The maximum absolute atomic E-state index is 12.8. The smallest absolute Gasteiger partial charge is 0.168 e. The summed E-state index contributed by atoms with van der Waals surface area (Å²) in [4.78, 5) is 0. The maximum Gasteiger partial charge on any atom is 0.168 e. The first-order chi connectivity index (χ1) is 6.29. The zero-order valence-corrected chi connectivity index (χ0v) is 8.21.